The first kappa shape index (κ1) is 18.9. The van der Waals surface area contributed by atoms with E-state index in [0.717, 1.165) is 37.1 Å². The molecule has 2 aromatic rings. The number of amides is 1. The van der Waals surface area contributed by atoms with Crippen LogP contribution in [0.2, 0.25) is 5.02 Å². The van der Waals surface area contributed by atoms with E-state index in [9.17, 15) is 9.18 Å². The standard InChI is InChI=1S/C21H24ClFN2O/c1-25(20(26)11-2-15-12-13-24-14-15)21(16-3-7-18(22)8-4-16)17-5-9-19(23)10-6-17/h3-10,15,21,24H,2,11-14H2,1H3. The van der Waals surface area contributed by atoms with Gasteiger partial charge in [-0.2, -0.15) is 0 Å². The lowest BCUT2D eigenvalue weighted by molar-refractivity contribution is -0.131. The second kappa shape index (κ2) is 8.65. The van der Waals surface area contributed by atoms with Gasteiger partial charge in [0.05, 0.1) is 6.04 Å². The molecule has 1 saturated heterocycles. The van der Waals surface area contributed by atoms with E-state index in [-0.39, 0.29) is 17.8 Å². The minimum Gasteiger partial charge on any atom is -0.335 e. The summed E-state index contributed by atoms with van der Waals surface area (Å²) in [5, 5.41) is 3.98. The van der Waals surface area contributed by atoms with Gasteiger partial charge in [0.25, 0.3) is 0 Å². The fraction of sp³-hybridized carbons (Fsp3) is 0.381. The van der Waals surface area contributed by atoms with Gasteiger partial charge in [-0.25, -0.2) is 4.39 Å². The van der Waals surface area contributed by atoms with E-state index in [1.54, 1.807) is 17.0 Å². The smallest absolute Gasteiger partial charge is 0.223 e. The van der Waals surface area contributed by atoms with Crippen molar-refractivity contribution in [2.24, 2.45) is 5.92 Å². The molecule has 138 valence electrons. The van der Waals surface area contributed by atoms with Gasteiger partial charge >= 0.3 is 0 Å². The fourth-order valence-electron chi connectivity index (χ4n) is 3.54. The number of nitrogens with zero attached hydrogens (tertiary/aromatic N) is 1. The van der Waals surface area contributed by atoms with E-state index in [0.29, 0.717) is 17.4 Å². The Morgan fingerprint density at radius 3 is 2.38 bits per heavy atom. The molecule has 3 rings (SSSR count). The largest absolute Gasteiger partial charge is 0.335 e. The molecule has 2 atom stereocenters. The third kappa shape index (κ3) is 4.63. The van der Waals surface area contributed by atoms with Gasteiger partial charge in [0.2, 0.25) is 5.91 Å². The minimum absolute atomic E-state index is 0.0983. The van der Waals surface area contributed by atoms with Gasteiger partial charge in [0.1, 0.15) is 5.82 Å². The summed E-state index contributed by atoms with van der Waals surface area (Å²) >= 11 is 6.01. The second-order valence-corrected chi connectivity index (χ2v) is 7.34. The third-order valence-electron chi connectivity index (χ3n) is 5.08. The number of carbonyl (C=O) groups is 1. The Hall–Kier alpha value is -1.91. The number of halogens is 2. The minimum atomic E-state index is -0.286. The number of nitrogens with one attached hydrogen (secondary N) is 1. The molecule has 1 aliphatic heterocycles. The molecule has 0 bridgehead atoms. The molecule has 0 saturated carbocycles. The van der Waals surface area contributed by atoms with E-state index in [4.69, 9.17) is 11.6 Å². The van der Waals surface area contributed by atoms with Crippen molar-refractivity contribution >= 4 is 17.5 Å². The van der Waals surface area contributed by atoms with Crippen molar-refractivity contribution in [3.63, 3.8) is 0 Å². The molecule has 0 radical (unpaired) electrons. The predicted molar refractivity (Wildman–Crippen MR) is 103 cm³/mol. The average molecular weight is 375 g/mol. The second-order valence-electron chi connectivity index (χ2n) is 6.91. The Kier molecular flexibility index (Phi) is 6.28. The summed E-state index contributed by atoms with van der Waals surface area (Å²) in [6, 6.07) is 13.5. The highest BCUT2D eigenvalue weighted by Crippen LogP contribution is 2.30. The lowest BCUT2D eigenvalue weighted by atomic mass is 9.96. The van der Waals surface area contributed by atoms with E-state index in [1.807, 2.05) is 31.3 Å². The number of hydrogen-bond acceptors (Lipinski definition) is 2. The number of benzene rings is 2. The Morgan fingerprint density at radius 2 is 1.81 bits per heavy atom. The van der Waals surface area contributed by atoms with Gasteiger partial charge in [0.15, 0.2) is 0 Å². The first-order chi connectivity index (χ1) is 12.5. The molecular formula is C21H24ClFN2O. The predicted octanol–water partition coefficient (Wildman–Crippen LogP) is 4.42. The summed E-state index contributed by atoms with van der Waals surface area (Å²) in [6.45, 7) is 2.03. The van der Waals surface area contributed by atoms with Crippen LogP contribution in [0.5, 0.6) is 0 Å². The van der Waals surface area contributed by atoms with E-state index < -0.39 is 0 Å². The Balaban J connectivity index is 1.80. The Morgan fingerprint density at radius 1 is 1.19 bits per heavy atom. The van der Waals surface area contributed by atoms with Crippen molar-refractivity contribution in [2.75, 3.05) is 20.1 Å². The number of carbonyl (C=O) groups excluding carboxylic acids is 1. The van der Waals surface area contributed by atoms with Crippen LogP contribution in [-0.2, 0) is 4.79 Å². The van der Waals surface area contributed by atoms with E-state index in [1.165, 1.54) is 12.1 Å². The van der Waals surface area contributed by atoms with Gasteiger partial charge in [-0.15, -0.1) is 0 Å². The Bertz CT molecular complexity index is 681. The summed E-state index contributed by atoms with van der Waals surface area (Å²) in [4.78, 5) is 14.6. The van der Waals surface area contributed by atoms with Crippen LogP contribution in [0.3, 0.4) is 0 Å². The van der Waals surface area contributed by atoms with Crippen molar-refractivity contribution in [1.82, 2.24) is 10.2 Å². The maximum absolute atomic E-state index is 13.4. The molecule has 2 aromatic carbocycles. The lowest BCUT2D eigenvalue weighted by Crippen LogP contribution is -2.32. The summed E-state index contributed by atoms with van der Waals surface area (Å²) in [5.74, 6) is 0.389. The van der Waals surface area contributed by atoms with Gasteiger partial charge in [-0.1, -0.05) is 35.9 Å². The first-order valence-corrected chi connectivity index (χ1v) is 9.39. The molecule has 5 heteroatoms. The monoisotopic (exact) mass is 374 g/mol. The molecule has 0 spiro atoms. The van der Waals surface area contributed by atoms with Crippen molar-refractivity contribution in [1.29, 1.82) is 0 Å². The average Bonchev–Trinajstić information content (AvgIpc) is 3.16. The van der Waals surface area contributed by atoms with E-state index in [2.05, 4.69) is 5.32 Å². The summed E-state index contributed by atoms with van der Waals surface area (Å²) < 4.78 is 13.4. The summed E-state index contributed by atoms with van der Waals surface area (Å²) in [6.07, 6.45) is 2.55. The van der Waals surface area contributed by atoms with Crippen molar-refractivity contribution in [2.45, 2.75) is 25.3 Å². The SMILES string of the molecule is CN(C(=O)CCC1CCNC1)C(c1ccc(F)cc1)c1ccc(Cl)cc1. The third-order valence-corrected chi connectivity index (χ3v) is 5.33. The fourth-order valence-corrected chi connectivity index (χ4v) is 3.66. The van der Waals surface area contributed by atoms with Gasteiger partial charge in [-0.05, 0) is 67.2 Å². The lowest BCUT2D eigenvalue weighted by Gasteiger charge is -2.29. The van der Waals surface area contributed by atoms with Crippen LogP contribution in [0.4, 0.5) is 4.39 Å². The molecular weight excluding hydrogens is 351 g/mol. The zero-order chi connectivity index (χ0) is 18.5. The van der Waals surface area contributed by atoms with Crippen LogP contribution >= 0.6 is 11.6 Å². The highest BCUT2D eigenvalue weighted by atomic mass is 35.5. The van der Waals surface area contributed by atoms with Crippen LogP contribution in [-0.4, -0.2) is 30.9 Å². The molecule has 1 N–H and O–H groups in total. The van der Waals surface area contributed by atoms with Crippen LogP contribution < -0.4 is 5.32 Å². The van der Waals surface area contributed by atoms with Crippen LogP contribution in [0.1, 0.15) is 36.4 Å². The topological polar surface area (TPSA) is 32.3 Å². The maximum atomic E-state index is 13.4. The molecule has 1 amide bonds. The normalized spacial score (nSPS) is 17.9. The van der Waals surface area contributed by atoms with E-state index >= 15 is 0 Å². The van der Waals surface area contributed by atoms with Crippen LogP contribution in [0.25, 0.3) is 0 Å². The highest BCUT2D eigenvalue weighted by Gasteiger charge is 2.25. The van der Waals surface area contributed by atoms with Crippen molar-refractivity contribution in [3.05, 3.63) is 70.5 Å². The van der Waals surface area contributed by atoms with Gasteiger partial charge in [0, 0.05) is 18.5 Å². The molecule has 1 aliphatic rings. The van der Waals surface area contributed by atoms with Gasteiger partial charge in [-0.3, -0.25) is 4.79 Å². The zero-order valence-corrected chi connectivity index (χ0v) is 15.7. The molecule has 3 nitrogen and oxygen atoms in total. The summed E-state index contributed by atoms with van der Waals surface area (Å²) in [5.41, 5.74) is 1.84. The van der Waals surface area contributed by atoms with Crippen molar-refractivity contribution < 1.29 is 9.18 Å². The maximum Gasteiger partial charge on any atom is 0.223 e. The molecule has 26 heavy (non-hydrogen) atoms. The number of hydrogen-bond donors (Lipinski definition) is 1. The molecule has 1 fully saturated rings. The first-order valence-electron chi connectivity index (χ1n) is 9.02. The highest BCUT2D eigenvalue weighted by molar-refractivity contribution is 6.30. The molecule has 2 unspecified atom stereocenters. The van der Waals surface area contributed by atoms with Crippen LogP contribution in [0.15, 0.2) is 48.5 Å². The summed E-state index contributed by atoms with van der Waals surface area (Å²) in [7, 11) is 1.82. The molecule has 0 aromatic heterocycles. The molecule has 0 aliphatic carbocycles. The number of rotatable bonds is 6. The van der Waals surface area contributed by atoms with Crippen molar-refractivity contribution in [3.8, 4) is 0 Å². The van der Waals surface area contributed by atoms with Crippen LogP contribution in [0, 0.1) is 11.7 Å². The van der Waals surface area contributed by atoms with Gasteiger partial charge < -0.3 is 10.2 Å². The quantitative estimate of drug-likeness (QED) is 0.811. The zero-order valence-electron chi connectivity index (χ0n) is 14.9. The molecule has 1 heterocycles. The Labute approximate surface area is 159 Å².